The lowest BCUT2D eigenvalue weighted by Gasteiger charge is -2.12. The Morgan fingerprint density at radius 2 is 1.90 bits per heavy atom. The molecule has 3 aromatic rings. The van der Waals surface area contributed by atoms with E-state index in [4.69, 9.17) is 0 Å². The van der Waals surface area contributed by atoms with Crippen LogP contribution < -0.4 is 10.0 Å². The van der Waals surface area contributed by atoms with Gasteiger partial charge >= 0.3 is 6.18 Å². The number of hydrogen-bond acceptors (Lipinski definition) is 6. The first kappa shape index (κ1) is 22.6. The Labute approximate surface area is 178 Å². The summed E-state index contributed by atoms with van der Waals surface area (Å²) in [4.78, 5) is 16.0. The molecule has 0 unspecified atom stereocenters. The summed E-state index contributed by atoms with van der Waals surface area (Å²) in [5, 5.41) is 2.55. The molecule has 0 aliphatic rings. The van der Waals surface area contributed by atoms with Crippen molar-refractivity contribution in [2.45, 2.75) is 24.5 Å². The Bertz CT molecular complexity index is 1210. The van der Waals surface area contributed by atoms with Crippen molar-refractivity contribution in [1.29, 1.82) is 0 Å². The number of halogens is 4. The normalized spacial score (nSPS) is 11.9. The number of carbonyl (C=O) groups is 1. The fraction of sp³-hybridized carbons (Fsp3) is 0.167. The maximum absolute atomic E-state index is 13.6. The molecule has 0 saturated heterocycles. The van der Waals surface area contributed by atoms with Crippen LogP contribution in [0.1, 0.15) is 27.0 Å². The van der Waals surface area contributed by atoms with Crippen molar-refractivity contribution < 1.29 is 30.8 Å². The highest BCUT2D eigenvalue weighted by Gasteiger charge is 2.33. The third kappa shape index (κ3) is 5.35. The molecular weight excluding hydrogens is 460 g/mol. The van der Waals surface area contributed by atoms with E-state index in [0.717, 1.165) is 17.6 Å². The molecule has 2 aromatic carbocycles. The van der Waals surface area contributed by atoms with Gasteiger partial charge in [0.05, 0.1) is 10.5 Å². The molecule has 3 rings (SSSR count). The molecule has 0 spiro atoms. The van der Waals surface area contributed by atoms with Gasteiger partial charge in [-0.15, -0.1) is 0 Å². The summed E-state index contributed by atoms with van der Waals surface area (Å²) in [6, 6.07) is 6.18. The number of anilines is 1. The van der Waals surface area contributed by atoms with Gasteiger partial charge in [0.25, 0.3) is 15.9 Å². The summed E-state index contributed by atoms with van der Waals surface area (Å²) in [6.45, 7) is 1.31. The average molecular weight is 474 g/mol. The van der Waals surface area contributed by atoms with Gasteiger partial charge in [0.1, 0.15) is 12.1 Å². The smallest absolute Gasteiger partial charge is 0.348 e. The molecule has 1 aromatic heterocycles. The average Bonchev–Trinajstić information content (AvgIpc) is 3.17. The van der Waals surface area contributed by atoms with Gasteiger partial charge in [-0.3, -0.25) is 9.52 Å². The molecule has 0 aliphatic carbocycles. The van der Waals surface area contributed by atoms with E-state index in [1.165, 1.54) is 31.5 Å². The number of benzene rings is 2. The maximum Gasteiger partial charge on any atom is 0.419 e. The minimum absolute atomic E-state index is 0.0863. The molecule has 1 heterocycles. The van der Waals surface area contributed by atoms with Crippen molar-refractivity contribution in [1.82, 2.24) is 14.7 Å². The van der Waals surface area contributed by atoms with Crippen LogP contribution >= 0.6 is 11.5 Å². The Morgan fingerprint density at radius 1 is 1.16 bits per heavy atom. The molecular formula is C18H14F4N4O3S2. The Balaban J connectivity index is 1.71. The minimum atomic E-state index is -4.81. The number of amides is 1. The number of hydrogen-bond donors (Lipinski definition) is 2. The molecule has 2 N–H and O–H groups in total. The van der Waals surface area contributed by atoms with Crippen molar-refractivity contribution in [2.75, 3.05) is 4.72 Å². The largest absolute Gasteiger partial charge is 0.419 e. The maximum atomic E-state index is 13.6. The number of nitrogens with zero attached hydrogens (tertiary/aromatic N) is 2. The van der Waals surface area contributed by atoms with Crippen LogP contribution in [0.3, 0.4) is 0 Å². The van der Waals surface area contributed by atoms with Gasteiger partial charge in [0.2, 0.25) is 5.13 Å². The van der Waals surface area contributed by atoms with E-state index in [1.807, 2.05) is 0 Å². The second-order valence-corrected chi connectivity index (χ2v) is 8.79. The number of aryl methyl sites for hydroxylation is 1. The third-order valence-electron chi connectivity index (χ3n) is 4.13. The van der Waals surface area contributed by atoms with Gasteiger partial charge < -0.3 is 5.32 Å². The summed E-state index contributed by atoms with van der Waals surface area (Å²) in [7, 11) is -3.93. The van der Waals surface area contributed by atoms with E-state index >= 15 is 0 Å². The molecule has 0 saturated carbocycles. The van der Waals surface area contributed by atoms with E-state index in [-0.39, 0.29) is 27.7 Å². The number of aromatic nitrogens is 2. The highest BCUT2D eigenvalue weighted by molar-refractivity contribution is 7.93. The van der Waals surface area contributed by atoms with Crippen molar-refractivity contribution in [3.05, 3.63) is 70.8 Å². The van der Waals surface area contributed by atoms with Crippen LogP contribution in [0, 0.1) is 12.7 Å². The molecule has 0 fully saturated rings. The molecule has 0 bridgehead atoms. The predicted octanol–water partition coefficient (Wildman–Crippen LogP) is 3.74. The fourth-order valence-corrected chi connectivity index (χ4v) is 4.37. The molecule has 31 heavy (non-hydrogen) atoms. The first-order chi connectivity index (χ1) is 14.5. The van der Waals surface area contributed by atoms with E-state index in [0.29, 0.717) is 17.7 Å². The lowest BCUT2D eigenvalue weighted by Crippen LogP contribution is -2.24. The Kier molecular flexibility index (Phi) is 6.27. The van der Waals surface area contributed by atoms with Crippen LogP contribution in [0.5, 0.6) is 0 Å². The van der Waals surface area contributed by atoms with Gasteiger partial charge in [0.15, 0.2) is 0 Å². The number of sulfonamides is 1. The third-order valence-corrected chi connectivity index (χ3v) is 6.17. The zero-order valence-corrected chi connectivity index (χ0v) is 17.3. The van der Waals surface area contributed by atoms with Crippen LogP contribution in [0.4, 0.5) is 22.7 Å². The number of nitrogens with one attached hydrogen (secondary N) is 2. The molecule has 0 radical (unpaired) electrons. The molecule has 1 amide bonds. The molecule has 7 nitrogen and oxygen atoms in total. The van der Waals surface area contributed by atoms with Crippen LogP contribution in [-0.2, 0) is 22.7 Å². The summed E-state index contributed by atoms with van der Waals surface area (Å²) in [6.07, 6.45) is -3.61. The Hall–Kier alpha value is -3.06. The fourth-order valence-electron chi connectivity index (χ4n) is 2.63. The molecule has 13 heteroatoms. The standard InChI is InChI=1S/C18H14F4N4O3S2/c1-10-6-12(31(28,29)26-17-24-9-25-30-17)3-4-13(10)16(27)23-8-11-2-5-14(15(19)7-11)18(20,21)22/h2-7,9H,8H2,1H3,(H,23,27)(H,24,25,26). The summed E-state index contributed by atoms with van der Waals surface area (Å²) in [5.74, 6) is -2.04. The summed E-state index contributed by atoms with van der Waals surface area (Å²) < 4.78 is 82.2. The Morgan fingerprint density at radius 3 is 2.48 bits per heavy atom. The van der Waals surface area contributed by atoms with Crippen molar-refractivity contribution in [3.8, 4) is 0 Å². The van der Waals surface area contributed by atoms with Gasteiger partial charge in [-0.1, -0.05) is 6.07 Å². The van der Waals surface area contributed by atoms with Crippen LogP contribution in [0.2, 0.25) is 0 Å². The summed E-state index contributed by atoms with van der Waals surface area (Å²) in [5.41, 5.74) is -0.757. The number of rotatable bonds is 6. The lowest BCUT2D eigenvalue weighted by molar-refractivity contribution is -0.140. The van der Waals surface area contributed by atoms with Crippen LogP contribution in [-0.4, -0.2) is 23.7 Å². The van der Waals surface area contributed by atoms with Crippen molar-refractivity contribution in [2.24, 2.45) is 0 Å². The molecule has 0 aliphatic heterocycles. The van der Waals surface area contributed by atoms with Crippen LogP contribution in [0.15, 0.2) is 47.6 Å². The van der Waals surface area contributed by atoms with Gasteiger partial charge in [-0.25, -0.2) is 17.8 Å². The molecule has 164 valence electrons. The van der Waals surface area contributed by atoms with E-state index in [1.54, 1.807) is 0 Å². The SMILES string of the molecule is Cc1cc(S(=O)(=O)Nc2ncns2)ccc1C(=O)NCc1ccc(C(F)(F)F)c(F)c1. The predicted molar refractivity (Wildman–Crippen MR) is 104 cm³/mol. The van der Waals surface area contributed by atoms with E-state index in [2.05, 4.69) is 19.4 Å². The quantitative estimate of drug-likeness (QED) is 0.530. The van der Waals surface area contributed by atoms with E-state index in [9.17, 15) is 30.8 Å². The first-order valence-electron chi connectivity index (χ1n) is 8.51. The zero-order valence-electron chi connectivity index (χ0n) is 15.7. The molecule has 0 atom stereocenters. The highest BCUT2D eigenvalue weighted by atomic mass is 32.2. The van der Waals surface area contributed by atoms with Gasteiger partial charge in [0, 0.05) is 23.6 Å². The first-order valence-corrected chi connectivity index (χ1v) is 10.8. The highest BCUT2D eigenvalue weighted by Crippen LogP contribution is 2.31. The van der Waals surface area contributed by atoms with E-state index < -0.39 is 33.5 Å². The zero-order chi connectivity index (χ0) is 22.8. The van der Waals surface area contributed by atoms with Crippen LogP contribution in [0.25, 0.3) is 0 Å². The minimum Gasteiger partial charge on any atom is -0.348 e. The topological polar surface area (TPSA) is 101 Å². The number of carbonyl (C=O) groups excluding carboxylic acids is 1. The summed E-state index contributed by atoms with van der Waals surface area (Å²) >= 11 is 0.860. The van der Waals surface area contributed by atoms with Gasteiger partial charge in [-0.2, -0.15) is 17.5 Å². The van der Waals surface area contributed by atoms with Crippen molar-refractivity contribution >= 4 is 32.6 Å². The van der Waals surface area contributed by atoms with Crippen molar-refractivity contribution in [3.63, 3.8) is 0 Å². The second-order valence-electron chi connectivity index (χ2n) is 6.32. The second kappa shape index (κ2) is 8.59. The number of alkyl halides is 3. The monoisotopic (exact) mass is 474 g/mol. The lowest BCUT2D eigenvalue weighted by atomic mass is 10.1. The van der Waals surface area contributed by atoms with Gasteiger partial charge in [-0.05, 0) is 48.4 Å².